The van der Waals surface area contributed by atoms with E-state index in [0.29, 0.717) is 6.04 Å². The van der Waals surface area contributed by atoms with Gasteiger partial charge in [0.2, 0.25) is 0 Å². The Morgan fingerprint density at radius 3 is 2.75 bits per heavy atom. The van der Waals surface area contributed by atoms with Crippen molar-refractivity contribution in [1.82, 2.24) is 9.78 Å². The Balaban J connectivity index is 2.69. The third kappa shape index (κ3) is 1.78. The van der Waals surface area contributed by atoms with Crippen LogP contribution in [0.3, 0.4) is 0 Å². The molecule has 3 heteroatoms. The van der Waals surface area contributed by atoms with Gasteiger partial charge in [0, 0.05) is 13.1 Å². The fraction of sp³-hybridized carbons (Fsp3) is 0.667. The first kappa shape index (κ1) is 9.10. The van der Waals surface area contributed by atoms with Gasteiger partial charge in [-0.25, -0.2) is 0 Å². The molecule has 0 aliphatic rings. The Bertz CT molecular complexity index is 252. The smallest absolute Gasteiger partial charge is 0.0758 e. The maximum absolute atomic E-state index is 4.16. The lowest BCUT2D eigenvalue weighted by molar-refractivity contribution is 0.736. The maximum atomic E-state index is 4.16. The molecule has 0 amide bonds. The van der Waals surface area contributed by atoms with Crippen molar-refractivity contribution >= 4 is 5.69 Å². The molecular weight excluding hydrogens is 150 g/mol. The van der Waals surface area contributed by atoms with Gasteiger partial charge < -0.3 is 5.32 Å². The van der Waals surface area contributed by atoms with Gasteiger partial charge in [-0.2, -0.15) is 5.10 Å². The number of nitrogens with zero attached hydrogens (tertiary/aromatic N) is 2. The quantitative estimate of drug-likeness (QED) is 0.745. The molecule has 0 aliphatic carbocycles. The van der Waals surface area contributed by atoms with Gasteiger partial charge in [-0.3, -0.25) is 4.68 Å². The van der Waals surface area contributed by atoms with Crippen molar-refractivity contribution in [3.8, 4) is 0 Å². The average Bonchev–Trinajstić information content (AvgIpc) is 2.36. The van der Waals surface area contributed by atoms with Crippen LogP contribution in [0.15, 0.2) is 6.20 Å². The standard InChI is InChI=1S/C9H17N3/c1-5-7(2)11-9-6-10-12(4)8(9)3/h6-7,11H,5H2,1-4H3. The number of aryl methyl sites for hydroxylation is 1. The summed E-state index contributed by atoms with van der Waals surface area (Å²) in [6.07, 6.45) is 3.01. The van der Waals surface area contributed by atoms with Crippen molar-refractivity contribution < 1.29 is 0 Å². The lowest BCUT2D eigenvalue weighted by Crippen LogP contribution is -2.13. The molecular formula is C9H17N3. The summed E-state index contributed by atoms with van der Waals surface area (Å²) in [6.45, 7) is 6.41. The Kier molecular flexibility index (Phi) is 2.74. The highest BCUT2D eigenvalue weighted by molar-refractivity contribution is 5.46. The van der Waals surface area contributed by atoms with Crippen LogP contribution < -0.4 is 5.32 Å². The summed E-state index contributed by atoms with van der Waals surface area (Å²) in [7, 11) is 1.96. The van der Waals surface area contributed by atoms with Crippen LogP contribution in [-0.4, -0.2) is 15.8 Å². The van der Waals surface area contributed by atoms with Gasteiger partial charge in [0.15, 0.2) is 0 Å². The van der Waals surface area contributed by atoms with E-state index in [1.165, 1.54) is 5.69 Å². The fourth-order valence-electron chi connectivity index (χ4n) is 1.01. The van der Waals surface area contributed by atoms with E-state index in [2.05, 4.69) is 31.2 Å². The molecule has 0 radical (unpaired) electrons. The topological polar surface area (TPSA) is 29.9 Å². The fourth-order valence-corrected chi connectivity index (χ4v) is 1.01. The van der Waals surface area contributed by atoms with Crippen LogP contribution in [0.25, 0.3) is 0 Å². The Morgan fingerprint density at radius 2 is 2.33 bits per heavy atom. The first-order valence-electron chi connectivity index (χ1n) is 4.40. The van der Waals surface area contributed by atoms with E-state index in [-0.39, 0.29) is 0 Å². The molecule has 1 N–H and O–H groups in total. The van der Waals surface area contributed by atoms with Crippen molar-refractivity contribution in [2.24, 2.45) is 7.05 Å². The minimum atomic E-state index is 0.521. The van der Waals surface area contributed by atoms with Crippen LogP contribution in [0.5, 0.6) is 0 Å². The molecule has 1 aromatic rings. The van der Waals surface area contributed by atoms with E-state index in [1.54, 1.807) is 0 Å². The Labute approximate surface area is 73.8 Å². The van der Waals surface area contributed by atoms with Crippen LogP contribution in [0.2, 0.25) is 0 Å². The van der Waals surface area contributed by atoms with Gasteiger partial charge in [-0.1, -0.05) is 6.92 Å². The first-order chi connectivity index (χ1) is 5.65. The van der Waals surface area contributed by atoms with Gasteiger partial charge in [-0.05, 0) is 20.3 Å². The van der Waals surface area contributed by atoms with Crippen molar-refractivity contribution in [2.45, 2.75) is 33.2 Å². The molecule has 3 nitrogen and oxygen atoms in total. The van der Waals surface area contributed by atoms with Crippen LogP contribution in [0.1, 0.15) is 26.0 Å². The lowest BCUT2D eigenvalue weighted by Gasteiger charge is -2.11. The van der Waals surface area contributed by atoms with Crippen molar-refractivity contribution in [2.75, 3.05) is 5.32 Å². The molecule has 1 rings (SSSR count). The number of nitrogens with one attached hydrogen (secondary N) is 1. The zero-order valence-corrected chi connectivity index (χ0v) is 8.26. The van der Waals surface area contributed by atoms with Gasteiger partial charge in [0.1, 0.15) is 0 Å². The molecule has 0 spiro atoms. The monoisotopic (exact) mass is 167 g/mol. The van der Waals surface area contributed by atoms with Crippen molar-refractivity contribution in [3.05, 3.63) is 11.9 Å². The molecule has 0 bridgehead atoms. The molecule has 1 heterocycles. The zero-order chi connectivity index (χ0) is 9.14. The minimum absolute atomic E-state index is 0.521. The molecule has 12 heavy (non-hydrogen) atoms. The predicted molar refractivity (Wildman–Crippen MR) is 51.3 cm³/mol. The van der Waals surface area contributed by atoms with Gasteiger partial charge in [-0.15, -0.1) is 0 Å². The largest absolute Gasteiger partial charge is 0.380 e. The van der Waals surface area contributed by atoms with Gasteiger partial charge in [0.05, 0.1) is 17.6 Å². The highest BCUT2D eigenvalue weighted by Gasteiger charge is 2.04. The van der Waals surface area contributed by atoms with Gasteiger partial charge in [0.25, 0.3) is 0 Å². The Morgan fingerprint density at radius 1 is 1.67 bits per heavy atom. The molecule has 1 unspecified atom stereocenters. The second-order valence-electron chi connectivity index (χ2n) is 3.22. The number of anilines is 1. The highest BCUT2D eigenvalue weighted by Crippen LogP contribution is 2.13. The Hall–Kier alpha value is -0.990. The number of hydrogen-bond acceptors (Lipinski definition) is 2. The van der Waals surface area contributed by atoms with Gasteiger partial charge >= 0.3 is 0 Å². The van der Waals surface area contributed by atoms with Crippen molar-refractivity contribution in [3.63, 3.8) is 0 Å². The molecule has 0 aromatic carbocycles. The van der Waals surface area contributed by atoms with E-state index in [4.69, 9.17) is 0 Å². The minimum Gasteiger partial charge on any atom is -0.380 e. The third-order valence-corrected chi connectivity index (χ3v) is 2.25. The lowest BCUT2D eigenvalue weighted by atomic mass is 10.2. The van der Waals surface area contributed by atoms with Crippen molar-refractivity contribution in [1.29, 1.82) is 0 Å². The molecule has 0 saturated heterocycles. The maximum Gasteiger partial charge on any atom is 0.0758 e. The number of hydrogen-bond donors (Lipinski definition) is 1. The molecule has 0 fully saturated rings. The molecule has 1 aromatic heterocycles. The second-order valence-corrected chi connectivity index (χ2v) is 3.22. The van der Waals surface area contributed by atoms with Crippen LogP contribution in [0, 0.1) is 6.92 Å². The summed E-state index contributed by atoms with van der Waals surface area (Å²) in [5, 5.41) is 7.55. The molecule has 0 saturated carbocycles. The molecule has 68 valence electrons. The zero-order valence-electron chi connectivity index (χ0n) is 8.26. The average molecular weight is 167 g/mol. The third-order valence-electron chi connectivity index (χ3n) is 2.25. The van der Waals surface area contributed by atoms with E-state index in [0.717, 1.165) is 12.1 Å². The van der Waals surface area contributed by atoms with Crippen LogP contribution >= 0.6 is 0 Å². The summed E-state index contributed by atoms with van der Waals surface area (Å²) >= 11 is 0. The second kappa shape index (κ2) is 3.61. The predicted octanol–water partition coefficient (Wildman–Crippen LogP) is 1.94. The summed E-state index contributed by atoms with van der Waals surface area (Å²) in [6, 6.07) is 0.521. The van der Waals surface area contributed by atoms with E-state index < -0.39 is 0 Å². The van der Waals surface area contributed by atoms with Crippen LogP contribution in [-0.2, 0) is 7.05 Å². The molecule has 0 aliphatic heterocycles. The summed E-state index contributed by atoms with van der Waals surface area (Å²) in [5.74, 6) is 0. The SMILES string of the molecule is CCC(C)Nc1cnn(C)c1C. The van der Waals surface area contributed by atoms with E-state index >= 15 is 0 Å². The summed E-state index contributed by atoms with van der Waals surface area (Å²) in [5.41, 5.74) is 2.34. The normalized spacial score (nSPS) is 13.0. The first-order valence-corrected chi connectivity index (χ1v) is 4.40. The summed E-state index contributed by atoms with van der Waals surface area (Å²) in [4.78, 5) is 0. The highest BCUT2D eigenvalue weighted by atomic mass is 15.3. The number of rotatable bonds is 3. The molecule has 1 atom stereocenters. The number of aromatic nitrogens is 2. The van der Waals surface area contributed by atoms with Crippen LogP contribution in [0.4, 0.5) is 5.69 Å². The van der Waals surface area contributed by atoms with E-state index in [1.807, 2.05) is 17.9 Å². The van der Waals surface area contributed by atoms with E-state index in [9.17, 15) is 0 Å². The summed E-state index contributed by atoms with van der Waals surface area (Å²) < 4.78 is 1.88.